The maximum absolute atomic E-state index is 9.71. The molecule has 1 aliphatic rings. The fourth-order valence-electron chi connectivity index (χ4n) is 3.76. The van der Waals surface area contributed by atoms with Gasteiger partial charge in [-0.3, -0.25) is 0 Å². The highest BCUT2D eigenvalue weighted by Crippen LogP contribution is 2.29. The molecule has 1 fully saturated rings. The number of para-hydroxylation sites is 1. The van der Waals surface area contributed by atoms with Gasteiger partial charge in [0.15, 0.2) is 5.95 Å². The molecule has 0 bridgehead atoms. The van der Waals surface area contributed by atoms with E-state index in [4.69, 9.17) is 10.5 Å². The van der Waals surface area contributed by atoms with Crippen molar-refractivity contribution >= 4 is 39.5 Å². The Kier molecular flexibility index (Phi) is 4.40. The number of fused-ring (bicyclic) bond motifs is 2. The zero-order chi connectivity index (χ0) is 19.8. The second-order valence-electron chi connectivity index (χ2n) is 7.41. The molecule has 0 atom stereocenters. The molecule has 5 N–H and O–H groups in total. The van der Waals surface area contributed by atoms with Crippen molar-refractivity contribution in [3.05, 3.63) is 42.6 Å². The average molecular weight is 390 g/mol. The SMILES string of the molecule is Nc1nc2ccc(Nc3ncc4cccc(OC5CCC(O)CC5)c4n3)cc2[nH]1. The Balaban J connectivity index is 1.42. The van der Waals surface area contributed by atoms with Gasteiger partial charge in [-0.2, -0.15) is 0 Å². The van der Waals surface area contributed by atoms with Gasteiger partial charge in [-0.25, -0.2) is 15.0 Å². The van der Waals surface area contributed by atoms with Crippen LogP contribution in [-0.4, -0.2) is 37.3 Å². The van der Waals surface area contributed by atoms with E-state index in [9.17, 15) is 5.11 Å². The van der Waals surface area contributed by atoms with E-state index in [2.05, 4.69) is 25.3 Å². The molecular weight excluding hydrogens is 368 g/mol. The van der Waals surface area contributed by atoms with Crippen LogP contribution in [0.1, 0.15) is 25.7 Å². The number of rotatable bonds is 4. The van der Waals surface area contributed by atoms with Gasteiger partial charge in [-0.05, 0) is 49.9 Å². The highest BCUT2D eigenvalue weighted by molar-refractivity contribution is 5.85. The Hall–Kier alpha value is -3.39. The minimum atomic E-state index is -0.206. The van der Waals surface area contributed by atoms with Crippen molar-refractivity contribution in [3.63, 3.8) is 0 Å². The molecule has 0 radical (unpaired) electrons. The molecule has 148 valence electrons. The van der Waals surface area contributed by atoms with E-state index in [-0.39, 0.29) is 12.2 Å². The van der Waals surface area contributed by atoms with Crippen molar-refractivity contribution in [2.75, 3.05) is 11.1 Å². The van der Waals surface area contributed by atoms with Crippen molar-refractivity contribution in [2.24, 2.45) is 0 Å². The summed E-state index contributed by atoms with van der Waals surface area (Å²) in [5.74, 6) is 1.61. The Bertz CT molecular complexity index is 1170. The van der Waals surface area contributed by atoms with E-state index >= 15 is 0 Å². The first-order valence-corrected chi connectivity index (χ1v) is 9.77. The van der Waals surface area contributed by atoms with Crippen LogP contribution >= 0.6 is 0 Å². The number of nitrogens with one attached hydrogen (secondary N) is 2. The number of anilines is 3. The lowest BCUT2D eigenvalue weighted by molar-refractivity contribution is 0.0672. The van der Waals surface area contributed by atoms with E-state index in [1.165, 1.54) is 0 Å². The van der Waals surface area contributed by atoms with Gasteiger partial charge in [0.05, 0.1) is 23.2 Å². The summed E-state index contributed by atoms with van der Waals surface area (Å²) in [7, 11) is 0. The first kappa shape index (κ1) is 17.7. The number of aliphatic hydroxyl groups excluding tert-OH is 1. The molecule has 0 saturated heterocycles. The van der Waals surface area contributed by atoms with E-state index in [0.717, 1.165) is 59.1 Å². The summed E-state index contributed by atoms with van der Waals surface area (Å²) in [6, 6.07) is 11.6. The van der Waals surface area contributed by atoms with Crippen LogP contribution < -0.4 is 15.8 Å². The average Bonchev–Trinajstić information content (AvgIpc) is 3.09. The first-order chi connectivity index (χ1) is 14.1. The van der Waals surface area contributed by atoms with Crippen LogP contribution in [0.2, 0.25) is 0 Å². The Labute approximate surface area is 167 Å². The fourth-order valence-corrected chi connectivity index (χ4v) is 3.76. The van der Waals surface area contributed by atoms with Crippen molar-refractivity contribution in [1.82, 2.24) is 19.9 Å². The highest BCUT2D eigenvalue weighted by atomic mass is 16.5. The van der Waals surface area contributed by atoms with E-state index in [1.807, 2.05) is 36.4 Å². The van der Waals surface area contributed by atoms with Crippen molar-refractivity contribution in [2.45, 2.75) is 37.9 Å². The lowest BCUT2D eigenvalue weighted by atomic mass is 9.95. The van der Waals surface area contributed by atoms with Gasteiger partial charge in [-0.15, -0.1) is 0 Å². The number of aliphatic hydroxyl groups is 1. The van der Waals surface area contributed by atoms with Crippen LogP contribution in [0, 0.1) is 0 Å². The third kappa shape index (κ3) is 3.66. The number of nitrogen functional groups attached to an aromatic ring is 1. The third-order valence-corrected chi connectivity index (χ3v) is 5.27. The normalized spacial score (nSPS) is 19.5. The second kappa shape index (κ2) is 7.21. The van der Waals surface area contributed by atoms with Crippen LogP contribution in [0.3, 0.4) is 0 Å². The Morgan fingerprint density at radius 3 is 2.83 bits per heavy atom. The van der Waals surface area contributed by atoms with Crippen molar-refractivity contribution in [3.8, 4) is 5.75 Å². The van der Waals surface area contributed by atoms with Gasteiger partial charge in [-0.1, -0.05) is 12.1 Å². The van der Waals surface area contributed by atoms with Gasteiger partial charge in [0, 0.05) is 17.3 Å². The number of ether oxygens (including phenoxy) is 1. The number of nitrogens with two attached hydrogens (primary N) is 1. The number of H-pyrrole nitrogens is 1. The highest BCUT2D eigenvalue weighted by Gasteiger charge is 2.21. The fraction of sp³-hybridized carbons (Fsp3) is 0.286. The number of aromatic amines is 1. The smallest absolute Gasteiger partial charge is 0.227 e. The third-order valence-electron chi connectivity index (χ3n) is 5.27. The van der Waals surface area contributed by atoms with Crippen LogP contribution in [0.4, 0.5) is 17.6 Å². The minimum Gasteiger partial charge on any atom is -0.488 e. The number of imidazole rings is 1. The zero-order valence-electron chi connectivity index (χ0n) is 15.8. The van der Waals surface area contributed by atoms with Gasteiger partial charge >= 0.3 is 0 Å². The Morgan fingerprint density at radius 1 is 1.10 bits per heavy atom. The minimum absolute atomic E-state index is 0.101. The van der Waals surface area contributed by atoms with Gasteiger partial charge in [0.2, 0.25) is 5.95 Å². The molecule has 1 aliphatic carbocycles. The predicted molar refractivity (Wildman–Crippen MR) is 112 cm³/mol. The number of benzene rings is 2. The summed E-state index contributed by atoms with van der Waals surface area (Å²) < 4.78 is 6.23. The van der Waals surface area contributed by atoms with Crippen LogP contribution in [0.15, 0.2) is 42.6 Å². The first-order valence-electron chi connectivity index (χ1n) is 9.77. The molecule has 2 aromatic heterocycles. The number of hydrogen-bond acceptors (Lipinski definition) is 7. The molecule has 8 heteroatoms. The van der Waals surface area contributed by atoms with E-state index in [1.54, 1.807) is 6.20 Å². The summed E-state index contributed by atoms with van der Waals surface area (Å²) in [6.45, 7) is 0. The molecule has 0 unspecified atom stereocenters. The summed E-state index contributed by atoms with van der Waals surface area (Å²) in [5.41, 5.74) is 8.97. The quantitative estimate of drug-likeness (QED) is 0.420. The largest absolute Gasteiger partial charge is 0.488 e. The molecule has 0 amide bonds. The predicted octanol–water partition coefficient (Wildman–Crippen LogP) is 3.51. The van der Waals surface area contributed by atoms with Gasteiger partial charge in [0.1, 0.15) is 11.3 Å². The van der Waals surface area contributed by atoms with Crippen LogP contribution in [0.25, 0.3) is 21.9 Å². The second-order valence-corrected chi connectivity index (χ2v) is 7.41. The molecular formula is C21H22N6O2. The standard InChI is InChI=1S/C21H22N6O2/c22-20-25-16-9-4-13(10-17(16)26-20)24-21-23-11-12-2-1-3-18(19(12)27-21)29-15-7-5-14(28)6-8-15/h1-4,9-11,14-15,28H,5-8H2,(H3,22,25,26)(H,23,24,27). The molecule has 4 aromatic rings. The van der Waals surface area contributed by atoms with Crippen LogP contribution in [-0.2, 0) is 0 Å². The monoisotopic (exact) mass is 390 g/mol. The Morgan fingerprint density at radius 2 is 1.97 bits per heavy atom. The molecule has 2 aromatic carbocycles. The number of aromatic nitrogens is 4. The molecule has 1 saturated carbocycles. The maximum atomic E-state index is 9.71. The summed E-state index contributed by atoms with van der Waals surface area (Å²) in [5, 5.41) is 13.9. The zero-order valence-corrected chi connectivity index (χ0v) is 15.8. The molecule has 5 rings (SSSR count). The molecule has 0 spiro atoms. The number of hydrogen-bond donors (Lipinski definition) is 4. The van der Waals surface area contributed by atoms with E-state index in [0.29, 0.717) is 11.9 Å². The molecule has 2 heterocycles. The van der Waals surface area contributed by atoms with Crippen molar-refractivity contribution < 1.29 is 9.84 Å². The number of nitrogens with zero attached hydrogens (tertiary/aromatic N) is 3. The van der Waals surface area contributed by atoms with E-state index < -0.39 is 0 Å². The molecule has 29 heavy (non-hydrogen) atoms. The topological polar surface area (TPSA) is 122 Å². The maximum Gasteiger partial charge on any atom is 0.227 e. The summed E-state index contributed by atoms with van der Waals surface area (Å²) in [6.07, 6.45) is 4.93. The van der Waals surface area contributed by atoms with Gasteiger partial charge < -0.3 is 25.9 Å². The van der Waals surface area contributed by atoms with Gasteiger partial charge in [0.25, 0.3) is 0 Å². The lowest BCUT2D eigenvalue weighted by Gasteiger charge is -2.26. The summed E-state index contributed by atoms with van der Waals surface area (Å²) >= 11 is 0. The molecule has 0 aliphatic heterocycles. The summed E-state index contributed by atoms with van der Waals surface area (Å²) in [4.78, 5) is 16.3. The molecule has 8 nitrogen and oxygen atoms in total. The van der Waals surface area contributed by atoms with Crippen LogP contribution in [0.5, 0.6) is 5.75 Å². The lowest BCUT2D eigenvalue weighted by Crippen LogP contribution is -2.26. The van der Waals surface area contributed by atoms with Crippen molar-refractivity contribution in [1.29, 1.82) is 0 Å².